The lowest BCUT2D eigenvalue weighted by atomic mass is 10.0. The zero-order valence-electron chi connectivity index (χ0n) is 7.27. The van der Waals surface area contributed by atoms with Crippen molar-refractivity contribution >= 4 is 11.6 Å². The van der Waals surface area contributed by atoms with Gasteiger partial charge in [0.1, 0.15) is 5.82 Å². The fourth-order valence-corrected chi connectivity index (χ4v) is 1.34. The van der Waals surface area contributed by atoms with E-state index >= 15 is 0 Å². The molecule has 0 saturated carbocycles. The lowest BCUT2D eigenvalue weighted by molar-refractivity contribution is 0.626. The van der Waals surface area contributed by atoms with Crippen LogP contribution in [0, 0.1) is 24.1 Å². The first kappa shape index (κ1) is 10.0. The fraction of sp³-hybridized carbons (Fsp3) is 0.300. The minimum Gasteiger partial charge on any atom is -0.205 e. The van der Waals surface area contributed by atoms with E-state index in [-0.39, 0.29) is 5.02 Å². The van der Waals surface area contributed by atoms with Gasteiger partial charge < -0.3 is 0 Å². The van der Waals surface area contributed by atoms with Crippen molar-refractivity contribution in [2.45, 2.75) is 19.8 Å². The molecule has 0 amide bonds. The third kappa shape index (κ3) is 2.19. The van der Waals surface area contributed by atoms with Gasteiger partial charge in [0, 0.05) is 6.42 Å². The quantitative estimate of drug-likeness (QED) is 0.714. The van der Waals surface area contributed by atoms with Gasteiger partial charge in [0.05, 0.1) is 11.1 Å². The summed E-state index contributed by atoms with van der Waals surface area (Å²) in [7, 11) is 0. The molecule has 1 aromatic rings. The van der Waals surface area contributed by atoms with Crippen molar-refractivity contribution in [1.29, 1.82) is 5.26 Å². The van der Waals surface area contributed by atoms with Crippen molar-refractivity contribution in [1.82, 2.24) is 0 Å². The molecule has 68 valence electrons. The van der Waals surface area contributed by atoms with Crippen LogP contribution in [0.4, 0.5) is 4.39 Å². The molecule has 0 heterocycles. The highest BCUT2D eigenvalue weighted by Crippen LogP contribution is 2.23. The van der Waals surface area contributed by atoms with Crippen LogP contribution >= 0.6 is 11.6 Å². The van der Waals surface area contributed by atoms with E-state index in [0.29, 0.717) is 12.8 Å². The smallest absolute Gasteiger partial charge is 0.142 e. The highest BCUT2D eigenvalue weighted by Gasteiger charge is 2.06. The van der Waals surface area contributed by atoms with Gasteiger partial charge in [-0.3, -0.25) is 0 Å². The molecule has 0 bridgehead atoms. The van der Waals surface area contributed by atoms with Gasteiger partial charge in [-0.1, -0.05) is 17.7 Å². The largest absolute Gasteiger partial charge is 0.205 e. The second-order valence-corrected chi connectivity index (χ2v) is 3.18. The maximum Gasteiger partial charge on any atom is 0.142 e. The van der Waals surface area contributed by atoms with Crippen LogP contribution in [-0.2, 0) is 6.42 Å². The summed E-state index contributed by atoms with van der Waals surface area (Å²) in [5.41, 5.74) is 1.67. The maximum absolute atomic E-state index is 12.9. The molecule has 1 aromatic carbocycles. The molecule has 0 aliphatic carbocycles. The molecular formula is C10H9ClFN. The number of hydrogen-bond acceptors (Lipinski definition) is 1. The zero-order chi connectivity index (χ0) is 9.84. The predicted octanol–water partition coefficient (Wildman–Crippen LogP) is 3.24. The maximum atomic E-state index is 12.9. The average molecular weight is 198 g/mol. The van der Waals surface area contributed by atoms with Gasteiger partial charge in [-0.15, -0.1) is 0 Å². The highest BCUT2D eigenvalue weighted by atomic mass is 35.5. The lowest BCUT2D eigenvalue weighted by Crippen LogP contribution is -1.92. The summed E-state index contributed by atoms with van der Waals surface area (Å²) in [6, 6.07) is 5.05. The van der Waals surface area contributed by atoms with Gasteiger partial charge in [-0.2, -0.15) is 5.26 Å². The molecule has 3 heteroatoms. The summed E-state index contributed by atoms with van der Waals surface area (Å²) >= 11 is 5.70. The van der Waals surface area contributed by atoms with E-state index in [0.717, 1.165) is 11.1 Å². The Morgan fingerprint density at radius 3 is 2.85 bits per heavy atom. The van der Waals surface area contributed by atoms with Crippen LogP contribution in [0.3, 0.4) is 0 Å². The Balaban J connectivity index is 2.98. The van der Waals surface area contributed by atoms with Gasteiger partial charge in [-0.25, -0.2) is 4.39 Å². The molecule has 1 rings (SSSR count). The Morgan fingerprint density at radius 1 is 1.54 bits per heavy atom. The van der Waals surface area contributed by atoms with Gasteiger partial charge in [0.25, 0.3) is 0 Å². The first-order valence-electron chi connectivity index (χ1n) is 3.97. The van der Waals surface area contributed by atoms with Crippen LogP contribution in [0.15, 0.2) is 12.1 Å². The van der Waals surface area contributed by atoms with Crippen LogP contribution in [0.25, 0.3) is 0 Å². The van der Waals surface area contributed by atoms with Crippen molar-refractivity contribution in [2.24, 2.45) is 0 Å². The topological polar surface area (TPSA) is 23.8 Å². The van der Waals surface area contributed by atoms with Crippen LogP contribution in [0.2, 0.25) is 5.02 Å². The van der Waals surface area contributed by atoms with Crippen molar-refractivity contribution in [3.63, 3.8) is 0 Å². The predicted molar refractivity (Wildman–Crippen MR) is 50.1 cm³/mol. The van der Waals surface area contributed by atoms with Crippen molar-refractivity contribution in [3.05, 3.63) is 34.1 Å². The van der Waals surface area contributed by atoms with E-state index in [4.69, 9.17) is 16.9 Å². The van der Waals surface area contributed by atoms with E-state index < -0.39 is 5.82 Å². The van der Waals surface area contributed by atoms with Crippen LogP contribution < -0.4 is 0 Å². The van der Waals surface area contributed by atoms with E-state index in [2.05, 4.69) is 0 Å². The highest BCUT2D eigenvalue weighted by molar-refractivity contribution is 6.31. The molecule has 0 unspecified atom stereocenters. The summed E-state index contributed by atoms with van der Waals surface area (Å²) in [6.45, 7) is 1.76. The average Bonchev–Trinajstić information content (AvgIpc) is 2.13. The number of hydrogen-bond donors (Lipinski definition) is 0. The number of nitrogens with zero attached hydrogens (tertiary/aromatic N) is 1. The Bertz CT molecular complexity index is 355. The molecule has 0 aromatic heterocycles. The third-order valence-corrected chi connectivity index (χ3v) is 2.42. The van der Waals surface area contributed by atoms with Crippen LogP contribution in [-0.4, -0.2) is 0 Å². The molecule has 0 atom stereocenters. The molecule has 0 fully saturated rings. The fourth-order valence-electron chi connectivity index (χ4n) is 1.15. The molecule has 13 heavy (non-hydrogen) atoms. The molecule has 0 saturated heterocycles. The van der Waals surface area contributed by atoms with Crippen molar-refractivity contribution < 1.29 is 4.39 Å². The van der Waals surface area contributed by atoms with E-state index in [1.54, 1.807) is 13.0 Å². The summed E-state index contributed by atoms with van der Waals surface area (Å²) in [5, 5.41) is 8.55. The zero-order valence-corrected chi connectivity index (χ0v) is 8.03. The van der Waals surface area contributed by atoms with Gasteiger partial charge in [0.15, 0.2) is 0 Å². The minimum atomic E-state index is -0.403. The first-order chi connectivity index (χ1) is 6.16. The third-order valence-electron chi connectivity index (χ3n) is 1.96. The number of rotatable bonds is 2. The SMILES string of the molecule is Cc1c(CCC#N)ccc(F)c1Cl. The Labute approximate surface area is 81.8 Å². The molecule has 1 nitrogen and oxygen atoms in total. The van der Waals surface area contributed by atoms with Crippen LogP contribution in [0.5, 0.6) is 0 Å². The van der Waals surface area contributed by atoms with Gasteiger partial charge >= 0.3 is 0 Å². The summed E-state index contributed by atoms with van der Waals surface area (Å²) in [5.74, 6) is -0.403. The van der Waals surface area contributed by atoms with E-state index in [1.165, 1.54) is 6.07 Å². The monoisotopic (exact) mass is 197 g/mol. The molecule has 0 spiro atoms. The normalized spacial score (nSPS) is 9.69. The van der Waals surface area contributed by atoms with Gasteiger partial charge in [0.2, 0.25) is 0 Å². The van der Waals surface area contributed by atoms with E-state index in [1.807, 2.05) is 6.07 Å². The second-order valence-electron chi connectivity index (χ2n) is 2.80. The van der Waals surface area contributed by atoms with Crippen LogP contribution in [0.1, 0.15) is 17.5 Å². The standard InChI is InChI=1S/C10H9ClFN/c1-7-8(3-2-6-13)4-5-9(12)10(7)11/h4-5H,2-3H2,1H3. The Morgan fingerprint density at radius 2 is 2.23 bits per heavy atom. The van der Waals surface area contributed by atoms with E-state index in [9.17, 15) is 4.39 Å². The molecule has 0 radical (unpaired) electrons. The lowest BCUT2D eigenvalue weighted by Gasteiger charge is -2.05. The number of benzene rings is 1. The Hall–Kier alpha value is -1.07. The number of aryl methyl sites for hydroxylation is 1. The molecule has 0 aliphatic heterocycles. The summed E-state index contributed by atoms with van der Waals surface area (Å²) in [4.78, 5) is 0. The molecule has 0 N–H and O–H groups in total. The van der Waals surface area contributed by atoms with Gasteiger partial charge in [-0.05, 0) is 30.5 Å². The Kier molecular flexibility index (Phi) is 3.27. The van der Waals surface area contributed by atoms with Crippen molar-refractivity contribution in [3.8, 4) is 6.07 Å². The van der Waals surface area contributed by atoms with Crippen molar-refractivity contribution in [2.75, 3.05) is 0 Å². The summed E-state index contributed by atoms with van der Waals surface area (Å²) < 4.78 is 12.9. The second kappa shape index (κ2) is 4.25. The molecule has 0 aliphatic rings. The number of halogens is 2. The molecular weight excluding hydrogens is 189 g/mol. The summed E-state index contributed by atoms with van der Waals surface area (Å²) in [6.07, 6.45) is 1.06. The first-order valence-corrected chi connectivity index (χ1v) is 4.35. The number of nitriles is 1. The minimum absolute atomic E-state index is 0.162.